The van der Waals surface area contributed by atoms with Crippen molar-refractivity contribution in [2.24, 2.45) is 0 Å². The summed E-state index contributed by atoms with van der Waals surface area (Å²) in [6.07, 6.45) is 0.394. The summed E-state index contributed by atoms with van der Waals surface area (Å²) in [5.41, 5.74) is 1.10. The van der Waals surface area contributed by atoms with Crippen LogP contribution in [0, 0.1) is 0 Å². The number of fused-ring (bicyclic) bond motifs is 1. The fourth-order valence-corrected chi connectivity index (χ4v) is 2.34. The molecule has 1 aliphatic heterocycles. The fourth-order valence-electron chi connectivity index (χ4n) is 1.85. The van der Waals surface area contributed by atoms with Crippen LogP contribution in [0.4, 0.5) is 0 Å². The van der Waals surface area contributed by atoms with Crippen LogP contribution in [-0.2, 0) is 11.2 Å². The first kappa shape index (κ1) is 12.0. The van der Waals surface area contributed by atoms with Crippen LogP contribution < -0.4 is 4.74 Å². The molecule has 6 nitrogen and oxygen atoms in total. The number of benzene rings is 1. The first-order valence-corrected chi connectivity index (χ1v) is 6.63. The average molecular weight is 278 g/mol. The number of rotatable bonds is 4. The molecule has 0 radical (unpaired) electrons. The summed E-state index contributed by atoms with van der Waals surface area (Å²) in [7, 11) is 0. The van der Waals surface area contributed by atoms with E-state index in [4.69, 9.17) is 14.3 Å². The summed E-state index contributed by atoms with van der Waals surface area (Å²) in [5, 5.41) is 16.5. The maximum atomic E-state index is 10.4. The van der Waals surface area contributed by atoms with Crippen LogP contribution in [0.3, 0.4) is 0 Å². The first-order valence-electron chi connectivity index (χ1n) is 5.65. The van der Waals surface area contributed by atoms with Crippen LogP contribution in [-0.4, -0.2) is 27.0 Å². The van der Waals surface area contributed by atoms with Crippen molar-refractivity contribution in [1.82, 2.24) is 10.2 Å². The average Bonchev–Trinajstić information content (AvgIpc) is 3.02. The van der Waals surface area contributed by atoms with E-state index in [0.717, 1.165) is 23.1 Å². The lowest BCUT2D eigenvalue weighted by Gasteiger charge is -2.04. The molecule has 1 unspecified atom stereocenters. The van der Waals surface area contributed by atoms with E-state index in [0.29, 0.717) is 12.3 Å². The highest BCUT2D eigenvalue weighted by molar-refractivity contribution is 7.99. The van der Waals surface area contributed by atoms with E-state index in [2.05, 4.69) is 10.2 Å². The van der Waals surface area contributed by atoms with Crippen molar-refractivity contribution in [2.45, 2.75) is 17.7 Å². The maximum Gasteiger partial charge on any atom is 0.314 e. The van der Waals surface area contributed by atoms with Gasteiger partial charge in [0, 0.05) is 6.42 Å². The second-order valence-corrected chi connectivity index (χ2v) is 4.93. The number of ether oxygens (including phenoxy) is 1. The molecule has 19 heavy (non-hydrogen) atoms. The minimum Gasteiger partial charge on any atom is -0.481 e. The van der Waals surface area contributed by atoms with E-state index in [9.17, 15) is 4.79 Å². The molecule has 1 atom stereocenters. The number of aliphatic carboxylic acids is 1. The lowest BCUT2D eigenvalue weighted by Crippen LogP contribution is -2.03. The van der Waals surface area contributed by atoms with Gasteiger partial charge in [-0.15, -0.1) is 10.2 Å². The number of carboxylic acid groups (broad SMARTS) is 1. The number of para-hydroxylation sites is 1. The van der Waals surface area contributed by atoms with Gasteiger partial charge in [-0.05, 0) is 11.6 Å². The highest BCUT2D eigenvalue weighted by atomic mass is 32.2. The van der Waals surface area contributed by atoms with Gasteiger partial charge in [0.2, 0.25) is 0 Å². The zero-order valence-electron chi connectivity index (χ0n) is 9.78. The molecule has 0 fully saturated rings. The highest BCUT2D eigenvalue weighted by Crippen LogP contribution is 2.36. The molecule has 7 heteroatoms. The van der Waals surface area contributed by atoms with E-state index in [1.807, 2.05) is 24.3 Å². The summed E-state index contributed by atoms with van der Waals surface area (Å²) in [5.74, 6) is 0.178. The second-order valence-electron chi connectivity index (χ2n) is 4.01. The van der Waals surface area contributed by atoms with Crippen LogP contribution in [0.1, 0.15) is 17.6 Å². The van der Waals surface area contributed by atoms with Gasteiger partial charge >= 0.3 is 5.97 Å². The van der Waals surface area contributed by atoms with Gasteiger partial charge in [-0.1, -0.05) is 30.0 Å². The third-order valence-electron chi connectivity index (χ3n) is 2.66. The number of nitrogens with zero attached hydrogens (tertiary/aromatic N) is 2. The van der Waals surface area contributed by atoms with Crippen molar-refractivity contribution in [2.75, 3.05) is 5.75 Å². The number of hydrogen-bond acceptors (Lipinski definition) is 6. The third-order valence-corrected chi connectivity index (χ3v) is 3.47. The minimum absolute atomic E-state index is 0.104. The van der Waals surface area contributed by atoms with Crippen molar-refractivity contribution in [3.8, 4) is 5.75 Å². The minimum atomic E-state index is -0.922. The van der Waals surface area contributed by atoms with Crippen molar-refractivity contribution >= 4 is 17.7 Å². The molecular formula is C12H10N2O4S. The molecule has 0 bridgehead atoms. The SMILES string of the molecule is O=C(O)CSc1nnc(C2Cc3ccccc3O2)o1. The van der Waals surface area contributed by atoms with Crippen LogP contribution in [0.25, 0.3) is 0 Å². The number of carbonyl (C=O) groups is 1. The Labute approximate surface area is 112 Å². The number of hydrogen-bond donors (Lipinski definition) is 1. The Hall–Kier alpha value is -2.02. The van der Waals surface area contributed by atoms with E-state index in [1.54, 1.807) is 0 Å². The zero-order valence-corrected chi connectivity index (χ0v) is 10.6. The van der Waals surface area contributed by atoms with Gasteiger partial charge in [0.1, 0.15) is 11.5 Å². The lowest BCUT2D eigenvalue weighted by molar-refractivity contribution is -0.133. The molecule has 1 N–H and O–H groups in total. The standard InChI is InChI=1S/C12H10N2O4S/c15-10(16)6-19-12-14-13-11(18-12)9-5-7-3-1-2-4-8(7)17-9/h1-4,9H,5-6H2,(H,15,16). The molecule has 1 aliphatic rings. The predicted octanol–water partition coefficient (Wildman–Crippen LogP) is 1.92. The van der Waals surface area contributed by atoms with E-state index >= 15 is 0 Å². The number of aromatic nitrogens is 2. The Kier molecular flexibility index (Phi) is 3.12. The van der Waals surface area contributed by atoms with Gasteiger partial charge in [-0.3, -0.25) is 4.79 Å². The second kappa shape index (κ2) is 4.93. The zero-order chi connectivity index (χ0) is 13.2. The van der Waals surface area contributed by atoms with Crippen molar-refractivity contribution < 1.29 is 19.1 Å². The quantitative estimate of drug-likeness (QED) is 0.855. The van der Waals surface area contributed by atoms with E-state index < -0.39 is 5.97 Å². The molecule has 2 heterocycles. The highest BCUT2D eigenvalue weighted by Gasteiger charge is 2.28. The molecule has 0 amide bonds. The molecule has 0 spiro atoms. The summed E-state index contributed by atoms with van der Waals surface area (Å²) in [6.45, 7) is 0. The molecule has 3 rings (SSSR count). The Balaban J connectivity index is 1.70. The third kappa shape index (κ3) is 2.55. The van der Waals surface area contributed by atoms with Gasteiger partial charge in [0.15, 0.2) is 6.10 Å². The summed E-state index contributed by atoms with van der Waals surface area (Å²) < 4.78 is 11.1. The molecule has 2 aromatic rings. The molecule has 0 saturated heterocycles. The fraction of sp³-hybridized carbons (Fsp3) is 0.250. The summed E-state index contributed by atoms with van der Waals surface area (Å²) >= 11 is 0.997. The molecule has 1 aromatic carbocycles. The van der Waals surface area contributed by atoms with Gasteiger partial charge in [-0.2, -0.15) is 0 Å². The van der Waals surface area contributed by atoms with Crippen molar-refractivity contribution in [3.05, 3.63) is 35.7 Å². The number of carboxylic acids is 1. The largest absolute Gasteiger partial charge is 0.481 e. The van der Waals surface area contributed by atoms with Gasteiger partial charge < -0.3 is 14.3 Å². The monoisotopic (exact) mass is 278 g/mol. The molecule has 98 valence electrons. The normalized spacial score (nSPS) is 16.9. The van der Waals surface area contributed by atoms with E-state index in [1.165, 1.54) is 0 Å². The van der Waals surface area contributed by atoms with Crippen LogP contribution in [0.15, 0.2) is 33.9 Å². The Morgan fingerprint density at radius 1 is 1.42 bits per heavy atom. The first-order chi connectivity index (χ1) is 9.22. The summed E-state index contributed by atoms with van der Waals surface area (Å²) in [4.78, 5) is 10.4. The van der Waals surface area contributed by atoms with E-state index in [-0.39, 0.29) is 17.1 Å². The molecule has 1 aromatic heterocycles. The Morgan fingerprint density at radius 2 is 2.26 bits per heavy atom. The van der Waals surface area contributed by atoms with Crippen molar-refractivity contribution in [3.63, 3.8) is 0 Å². The van der Waals surface area contributed by atoms with Gasteiger partial charge in [0.05, 0.1) is 0 Å². The molecule has 0 aliphatic carbocycles. The number of thioether (sulfide) groups is 1. The van der Waals surface area contributed by atoms with Crippen LogP contribution in [0.2, 0.25) is 0 Å². The Bertz CT molecular complexity index is 588. The molecule has 0 saturated carbocycles. The Morgan fingerprint density at radius 3 is 3.05 bits per heavy atom. The predicted molar refractivity (Wildman–Crippen MR) is 66.2 cm³/mol. The van der Waals surface area contributed by atoms with Gasteiger partial charge in [-0.25, -0.2) is 0 Å². The van der Waals surface area contributed by atoms with Crippen molar-refractivity contribution in [1.29, 1.82) is 0 Å². The van der Waals surface area contributed by atoms with Gasteiger partial charge in [0.25, 0.3) is 11.1 Å². The smallest absolute Gasteiger partial charge is 0.314 e. The topological polar surface area (TPSA) is 85.5 Å². The maximum absolute atomic E-state index is 10.4. The lowest BCUT2D eigenvalue weighted by atomic mass is 10.1. The van der Waals surface area contributed by atoms with Crippen LogP contribution >= 0.6 is 11.8 Å². The van der Waals surface area contributed by atoms with Crippen LogP contribution in [0.5, 0.6) is 5.75 Å². The molecular weight excluding hydrogens is 268 g/mol. The summed E-state index contributed by atoms with van der Waals surface area (Å²) in [6, 6.07) is 7.74.